The van der Waals surface area contributed by atoms with Gasteiger partial charge in [0, 0.05) is 12.6 Å². The highest BCUT2D eigenvalue weighted by Crippen LogP contribution is 2.22. The number of hydrogen-bond donors (Lipinski definition) is 2. The van der Waals surface area contributed by atoms with E-state index in [9.17, 15) is 9.59 Å². The van der Waals surface area contributed by atoms with Gasteiger partial charge in [-0.05, 0) is 26.7 Å². The first kappa shape index (κ1) is 18.3. The second-order valence-corrected chi connectivity index (χ2v) is 6.94. The molecule has 0 aromatic carbocycles. The fraction of sp³-hybridized carbons (Fsp3) is 0.600. The van der Waals surface area contributed by atoms with Crippen LogP contribution >= 0.6 is 11.8 Å². The van der Waals surface area contributed by atoms with Gasteiger partial charge in [-0.2, -0.15) is 5.10 Å². The normalized spacial score (nSPS) is 13.7. The number of H-pyrrole nitrogens is 1. The summed E-state index contributed by atoms with van der Waals surface area (Å²) in [6.07, 6.45) is 3.42. The summed E-state index contributed by atoms with van der Waals surface area (Å²) in [5.41, 5.74) is -0.248. The zero-order valence-electron chi connectivity index (χ0n) is 14.4. The van der Waals surface area contributed by atoms with Crippen molar-refractivity contribution < 1.29 is 4.79 Å². The minimum absolute atomic E-state index is 0.149. The Labute approximate surface area is 145 Å². The van der Waals surface area contributed by atoms with Crippen LogP contribution in [-0.2, 0) is 11.3 Å². The van der Waals surface area contributed by atoms with Gasteiger partial charge in [-0.25, -0.2) is 14.6 Å². The van der Waals surface area contributed by atoms with E-state index in [1.807, 2.05) is 13.8 Å². The summed E-state index contributed by atoms with van der Waals surface area (Å²) in [7, 11) is 0. The van der Waals surface area contributed by atoms with Crippen LogP contribution in [0.4, 0.5) is 5.82 Å². The number of thioether (sulfide) groups is 1. The Hall–Kier alpha value is -2.03. The van der Waals surface area contributed by atoms with Gasteiger partial charge in [0.25, 0.3) is 0 Å². The molecule has 2 heterocycles. The zero-order valence-corrected chi connectivity index (χ0v) is 15.3. The third-order valence-electron chi connectivity index (χ3n) is 3.75. The number of aromatic amines is 1. The van der Waals surface area contributed by atoms with Gasteiger partial charge in [0.15, 0.2) is 5.16 Å². The lowest BCUT2D eigenvalue weighted by atomic mass is 10.3. The maximum Gasteiger partial charge on any atom is 0.343 e. The number of amides is 1. The second-order valence-electron chi connectivity index (χ2n) is 5.63. The summed E-state index contributed by atoms with van der Waals surface area (Å²) in [5.74, 6) is 0.526. The van der Waals surface area contributed by atoms with Crippen LogP contribution in [0, 0.1) is 0 Å². The van der Waals surface area contributed by atoms with E-state index in [0.717, 1.165) is 12.8 Å². The number of aromatic nitrogens is 5. The van der Waals surface area contributed by atoms with Crippen LogP contribution < -0.4 is 11.0 Å². The van der Waals surface area contributed by atoms with Gasteiger partial charge in [0.1, 0.15) is 5.82 Å². The van der Waals surface area contributed by atoms with Crippen molar-refractivity contribution in [3.63, 3.8) is 0 Å². The summed E-state index contributed by atoms with van der Waals surface area (Å²) >= 11 is 1.26. The lowest BCUT2D eigenvalue weighted by Crippen LogP contribution is -2.25. The number of rotatable bonds is 8. The van der Waals surface area contributed by atoms with Crippen molar-refractivity contribution in [2.24, 2.45) is 0 Å². The van der Waals surface area contributed by atoms with Gasteiger partial charge >= 0.3 is 5.69 Å². The second kappa shape index (κ2) is 8.18. The third kappa shape index (κ3) is 4.08. The molecule has 2 rings (SSSR count). The molecule has 0 aliphatic heterocycles. The van der Waals surface area contributed by atoms with E-state index in [2.05, 4.69) is 27.5 Å². The molecule has 0 unspecified atom stereocenters. The van der Waals surface area contributed by atoms with E-state index in [1.54, 1.807) is 28.4 Å². The number of anilines is 1. The number of carbonyl (C=O) groups excluding carboxylic acids is 1. The first-order chi connectivity index (χ1) is 11.5. The zero-order chi connectivity index (χ0) is 17.7. The van der Waals surface area contributed by atoms with E-state index in [-0.39, 0.29) is 17.6 Å². The predicted octanol–water partition coefficient (Wildman–Crippen LogP) is 2.27. The number of nitrogens with zero attached hydrogens (tertiary/aromatic N) is 4. The minimum Gasteiger partial charge on any atom is -0.310 e. The summed E-state index contributed by atoms with van der Waals surface area (Å²) in [5, 5.41) is 13.7. The molecule has 24 heavy (non-hydrogen) atoms. The number of hydrogen-bond acceptors (Lipinski definition) is 5. The highest BCUT2D eigenvalue weighted by Gasteiger charge is 2.20. The topological polar surface area (TPSA) is 97.6 Å². The van der Waals surface area contributed by atoms with Crippen LogP contribution in [0.2, 0.25) is 0 Å². The molecule has 2 atom stereocenters. The van der Waals surface area contributed by atoms with Gasteiger partial charge in [-0.1, -0.05) is 25.6 Å². The van der Waals surface area contributed by atoms with E-state index in [0.29, 0.717) is 17.5 Å². The highest BCUT2D eigenvalue weighted by atomic mass is 32.2. The summed E-state index contributed by atoms with van der Waals surface area (Å²) in [6, 6.07) is 1.99. The van der Waals surface area contributed by atoms with Crippen molar-refractivity contribution in [1.29, 1.82) is 0 Å². The smallest absolute Gasteiger partial charge is 0.310 e. The average Bonchev–Trinajstić information content (AvgIpc) is 3.15. The Morgan fingerprint density at radius 3 is 2.83 bits per heavy atom. The first-order valence-electron chi connectivity index (χ1n) is 8.14. The fourth-order valence-electron chi connectivity index (χ4n) is 2.19. The molecule has 9 heteroatoms. The van der Waals surface area contributed by atoms with Crippen molar-refractivity contribution in [2.75, 3.05) is 5.32 Å². The molecule has 2 aromatic heterocycles. The molecule has 2 N–H and O–H groups in total. The molecule has 0 saturated heterocycles. The molecule has 8 nitrogen and oxygen atoms in total. The van der Waals surface area contributed by atoms with Gasteiger partial charge < -0.3 is 5.32 Å². The molecule has 0 fully saturated rings. The Balaban J connectivity index is 2.06. The lowest BCUT2D eigenvalue weighted by Gasteiger charge is -2.16. The van der Waals surface area contributed by atoms with E-state index in [4.69, 9.17) is 0 Å². The molecule has 132 valence electrons. The largest absolute Gasteiger partial charge is 0.343 e. The third-order valence-corrected chi connectivity index (χ3v) is 4.84. The Morgan fingerprint density at radius 2 is 2.17 bits per heavy atom. The Kier molecular flexibility index (Phi) is 6.24. The Bertz CT molecular complexity index is 734. The summed E-state index contributed by atoms with van der Waals surface area (Å²) in [6.45, 7) is 8.47. The molecule has 0 saturated carbocycles. The molecular formula is C15H24N6O2S. The van der Waals surface area contributed by atoms with Gasteiger partial charge in [0.05, 0.1) is 17.5 Å². The van der Waals surface area contributed by atoms with Crippen LogP contribution in [0.3, 0.4) is 0 Å². The van der Waals surface area contributed by atoms with Crippen molar-refractivity contribution in [2.45, 2.75) is 63.5 Å². The molecular weight excluding hydrogens is 328 g/mol. The highest BCUT2D eigenvalue weighted by molar-refractivity contribution is 8.00. The molecule has 0 spiro atoms. The average molecular weight is 352 g/mol. The maximum absolute atomic E-state index is 12.5. The van der Waals surface area contributed by atoms with Crippen LogP contribution in [0.15, 0.2) is 22.2 Å². The van der Waals surface area contributed by atoms with Gasteiger partial charge in [0.2, 0.25) is 5.91 Å². The van der Waals surface area contributed by atoms with E-state index < -0.39 is 5.25 Å². The molecule has 0 bridgehead atoms. The van der Waals surface area contributed by atoms with Gasteiger partial charge in [-0.3, -0.25) is 9.36 Å². The molecule has 1 amide bonds. The Morgan fingerprint density at radius 1 is 1.42 bits per heavy atom. The van der Waals surface area contributed by atoms with Crippen molar-refractivity contribution in [1.82, 2.24) is 24.5 Å². The molecule has 0 radical (unpaired) electrons. The van der Waals surface area contributed by atoms with E-state index >= 15 is 0 Å². The van der Waals surface area contributed by atoms with Crippen molar-refractivity contribution in [3.05, 3.63) is 22.7 Å². The summed E-state index contributed by atoms with van der Waals surface area (Å²) in [4.78, 5) is 24.2. The van der Waals surface area contributed by atoms with Crippen molar-refractivity contribution >= 4 is 23.5 Å². The SMILES string of the molecule is CCCn1c(S[C@H](C)C(=O)Nc2ccnn2[C@@H](C)CC)n[nH]c1=O. The molecule has 0 aliphatic carbocycles. The van der Waals surface area contributed by atoms with E-state index in [1.165, 1.54) is 11.8 Å². The standard InChI is InChI=1S/C15H24N6O2S/c1-5-9-20-14(23)18-19-15(20)24-11(4)13(22)17-12-7-8-16-21(12)10(3)6-2/h7-8,10-11H,5-6,9H2,1-4H3,(H,17,22)(H,18,23)/t10-,11+/m0/s1. The van der Waals surface area contributed by atoms with Crippen LogP contribution in [-0.4, -0.2) is 35.7 Å². The lowest BCUT2D eigenvalue weighted by molar-refractivity contribution is -0.115. The number of carbonyl (C=O) groups is 1. The quantitative estimate of drug-likeness (QED) is 0.710. The molecule has 0 aliphatic rings. The van der Waals surface area contributed by atoms with Crippen molar-refractivity contribution in [3.8, 4) is 0 Å². The molecule has 2 aromatic rings. The predicted molar refractivity (Wildman–Crippen MR) is 94.3 cm³/mol. The first-order valence-corrected chi connectivity index (χ1v) is 9.02. The van der Waals surface area contributed by atoms with Crippen LogP contribution in [0.25, 0.3) is 0 Å². The fourth-order valence-corrected chi connectivity index (χ4v) is 3.07. The monoisotopic (exact) mass is 352 g/mol. The number of nitrogens with one attached hydrogen (secondary N) is 2. The van der Waals surface area contributed by atoms with Gasteiger partial charge in [-0.15, -0.1) is 5.10 Å². The summed E-state index contributed by atoms with van der Waals surface area (Å²) < 4.78 is 3.36. The maximum atomic E-state index is 12.5. The minimum atomic E-state index is -0.393. The van der Waals surface area contributed by atoms with Crippen LogP contribution in [0.1, 0.15) is 46.6 Å². The van der Waals surface area contributed by atoms with Crippen LogP contribution in [0.5, 0.6) is 0 Å².